The molecule has 2 fully saturated rings. The van der Waals surface area contributed by atoms with Gasteiger partial charge in [0.1, 0.15) is 5.83 Å². The van der Waals surface area contributed by atoms with Crippen molar-refractivity contribution in [2.75, 3.05) is 32.7 Å². The molecule has 0 aromatic rings. The lowest BCUT2D eigenvalue weighted by Gasteiger charge is -2.43. The molecule has 3 aliphatic heterocycles. The first-order valence-electron chi connectivity index (χ1n) is 9.92. The van der Waals surface area contributed by atoms with Crippen LogP contribution >= 0.6 is 0 Å². The average Bonchev–Trinajstić information content (AvgIpc) is 2.78. The Morgan fingerprint density at radius 1 is 1.24 bits per heavy atom. The van der Waals surface area contributed by atoms with Gasteiger partial charge in [0, 0.05) is 37.0 Å². The third-order valence-electron chi connectivity index (χ3n) is 6.77. The van der Waals surface area contributed by atoms with Crippen LogP contribution in [0.2, 0.25) is 0 Å². The monoisotopic (exact) mass is 347 g/mol. The molecular formula is C20H30FN3O. The van der Waals surface area contributed by atoms with Crippen molar-refractivity contribution in [2.24, 2.45) is 5.41 Å². The molecule has 1 atom stereocenters. The van der Waals surface area contributed by atoms with Gasteiger partial charge < -0.3 is 15.1 Å². The lowest BCUT2D eigenvalue weighted by Crippen LogP contribution is -2.47. The highest BCUT2D eigenvalue weighted by atomic mass is 19.1. The second kappa shape index (κ2) is 6.84. The molecule has 5 heteroatoms. The van der Waals surface area contributed by atoms with Crippen molar-refractivity contribution >= 4 is 5.91 Å². The molecule has 3 heterocycles. The topological polar surface area (TPSA) is 35.6 Å². The predicted octanol–water partition coefficient (Wildman–Crippen LogP) is 2.97. The van der Waals surface area contributed by atoms with Crippen molar-refractivity contribution in [3.63, 3.8) is 0 Å². The molecule has 1 amide bonds. The van der Waals surface area contributed by atoms with Gasteiger partial charge in [-0.15, -0.1) is 0 Å². The van der Waals surface area contributed by atoms with Crippen molar-refractivity contribution in [2.45, 2.75) is 57.9 Å². The summed E-state index contributed by atoms with van der Waals surface area (Å²) in [5.41, 5.74) is 2.22. The lowest BCUT2D eigenvalue weighted by atomic mass is 9.72. The van der Waals surface area contributed by atoms with E-state index in [1.165, 1.54) is 19.3 Å². The maximum absolute atomic E-state index is 14.0. The highest BCUT2D eigenvalue weighted by molar-refractivity contribution is 5.77. The van der Waals surface area contributed by atoms with Crippen molar-refractivity contribution in [1.82, 2.24) is 15.1 Å². The Balaban J connectivity index is 1.51. The normalized spacial score (nSPS) is 30.2. The molecule has 0 saturated carbocycles. The Labute approximate surface area is 150 Å². The molecule has 1 unspecified atom stereocenters. The van der Waals surface area contributed by atoms with Crippen LogP contribution in [0.3, 0.4) is 0 Å². The fourth-order valence-electron chi connectivity index (χ4n) is 5.32. The number of hydrogen-bond acceptors (Lipinski definition) is 3. The SMILES string of the molecule is CC(=O)N1CC2(CCN(C3CCCNCC3)CC2)C2=C1CCC(F)=C2. The zero-order valence-electron chi connectivity index (χ0n) is 15.3. The fourth-order valence-corrected chi connectivity index (χ4v) is 5.32. The first kappa shape index (κ1) is 17.2. The van der Waals surface area contributed by atoms with E-state index in [4.69, 9.17) is 0 Å². The highest BCUT2D eigenvalue weighted by Crippen LogP contribution is 2.51. The zero-order valence-corrected chi connectivity index (χ0v) is 15.3. The van der Waals surface area contributed by atoms with E-state index in [9.17, 15) is 9.18 Å². The maximum atomic E-state index is 14.0. The number of nitrogens with one attached hydrogen (secondary N) is 1. The molecule has 2 saturated heterocycles. The molecular weight excluding hydrogens is 317 g/mol. The largest absolute Gasteiger partial charge is 0.317 e. The first-order valence-corrected chi connectivity index (χ1v) is 9.92. The second-order valence-corrected chi connectivity index (χ2v) is 8.21. The number of carbonyl (C=O) groups is 1. The summed E-state index contributed by atoms with van der Waals surface area (Å²) in [4.78, 5) is 16.7. The van der Waals surface area contributed by atoms with Crippen LogP contribution < -0.4 is 5.32 Å². The molecule has 0 aromatic carbocycles. The smallest absolute Gasteiger partial charge is 0.223 e. The van der Waals surface area contributed by atoms with Crippen LogP contribution in [0.1, 0.15) is 51.9 Å². The van der Waals surface area contributed by atoms with Gasteiger partial charge in [-0.3, -0.25) is 4.79 Å². The number of carbonyl (C=O) groups excluding carboxylic acids is 1. The molecule has 0 radical (unpaired) electrons. The number of rotatable bonds is 1. The van der Waals surface area contributed by atoms with Crippen LogP contribution in [0.25, 0.3) is 0 Å². The summed E-state index contributed by atoms with van der Waals surface area (Å²) in [6.45, 7) is 6.81. The molecule has 1 spiro atoms. The molecule has 0 bridgehead atoms. The Bertz CT molecular complexity index is 596. The van der Waals surface area contributed by atoms with E-state index in [0.717, 1.165) is 56.8 Å². The Morgan fingerprint density at radius 3 is 2.80 bits per heavy atom. The van der Waals surface area contributed by atoms with E-state index in [0.29, 0.717) is 18.9 Å². The van der Waals surface area contributed by atoms with Gasteiger partial charge in [-0.25, -0.2) is 4.39 Å². The van der Waals surface area contributed by atoms with Crippen LogP contribution in [0.5, 0.6) is 0 Å². The fraction of sp³-hybridized carbons (Fsp3) is 0.750. The van der Waals surface area contributed by atoms with Gasteiger partial charge in [-0.2, -0.15) is 0 Å². The molecule has 0 aromatic heterocycles. The van der Waals surface area contributed by atoms with Crippen LogP contribution in [0, 0.1) is 5.41 Å². The standard InChI is InChI=1S/C20H30FN3O/c1-15(25)24-14-20(18-13-16(21)4-5-19(18)24)7-11-23(12-8-20)17-3-2-9-22-10-6-17/h13,17,22H,2-12,14H2,1H3. The average molecular weight is 347 g/mol. The van der Waals surface area contributed by atoms with Gasteiger partial charge in [0.2, 0.25) is 5.91 Å². The van der Waals surface area contributed by atoms with Crippen LogP contribution in [-0.2, 0) is 4.79 Å². The van der Waals surface area contributed by atoms with E-state index in [1.807, 2.05) is 4.90 Å². The van der Waals surface area contributed by atoms with Gasteiger partial charge in [0.15, 0.2) is 0 Å². The van der Waals surface area contributed by atoms with Crippen molar-refractivity contribution in [3.8, 4) is 0 Å². The van der Waals surface area contributed by atoms with Gasteiger partial charge in [0.05, 0.1) is 0 Å². The Kier molecular flexibility index (Phi) is 4.71. The van der Waals surface area contributed by atoms with Gasteiger partial charge >= 0.3 is 0 Å². The van der Waals surface area contributed by atoms with E-state index in [-0.39, 0.29) is 17.1 Å². The molecule has 25 heavy (non-hydrogen) atoms. The number of halogens is 1. The molecule has 1 aliphatic carbocycles. The number of piperidine rings is 1. The minimum atomic E-state index is -0.0156. The number of likely N-dealkylation sites (tertiary alicyclic amines) is 1. The molecule has 4 rings (SSSR count). The number of fused-ring (bicyclic) bond motifs is 1. The van der Waals surface area contributed by atoms with Gasteiger partial charge in [0.25, 0.3) is 0 Å². The summed E-state index contributed by atoms with van der Waals surface area (Å²) in [7, 11) is 0. The summed E-state index contributed by atoms with van der Waals surface area (Å²) in [5, 5.41) is 3.50. The van der Waals surface area contributed by atoms with E-state index < -0.39 is 0 Å². The summed E-state index contributed by atoms with van der Waals surface area (Å²) in [6, 6.07) is 0.685. The lowest BCUT2D eigenvalue weighted by molar-refractivity contribution is -0.127. The Hall–Kier alpha value is -1.20. The number of nitrogens with zero attached hydrogens (tertiary/aromatic N) is 2. The van der Waals surface area contributed by atoms with Crippen molar-refractivity contribution in [1.29, 1.82) is 0 Å². The van der Waals surface area contributed by atoms with Gasteiger partial charge in [-0.05, 0) is 76.4 Å². The van der Waals surface area contributed by atoms with E-state index in [1.54, 1.807) is 13.0 Å². The third-order valence-corrected chi connectivity index (χ3v) is 6.77. The van der Waals surface area contributed by atoms with Crippen molar-refractivity contribution < 1.29 is 9.18 Å². The zero-order chi connectivity index (χ0) is 17.4. The molecule has 4 aliphatic rings. The number of allylic oxidation sites excluding steroid dienone is 3. The molecule has 1 N–H and O–H groups in total. The van der Waals surface area contributed by atoms with E-state index in [2.05, 4.69) is 10.2 Å². The van der Waals surface area contributed by atoms with Crippen LogP contribution in [0.4, 0.5) is 4.39 Å². The Morgan fingerprint density at radius 2 is 2.04 bits per heavy atom. The van der Waals surface area contributed by atoms with Gasteiger partial charge in [-0.1, -0.05) is 0 Å². The minimum absolute atomic E-state index is 0.0131. The number of amides is 1. The second-order valence-electron chi connectivity index (χ2n) is 8.21. The summed E-state index contributed by atoms with van der Waals surface area (Å²) in [6.07, 6.45) is 8.74. The molecule has 138 valence electrons. The summed E-state index contributed by atoms with van der Waals surface area (Å²) >= 11 is 0. The summed E-state index contributed by atoms with van der Waals surface area (Å²) < 4.78 is 14.0. The van der Waals surface area contributed by atoms with Crippen LogP contribution in [-0.4, -0.2) is 54.5 Å². The summed E-state index contributed by atoms with van der Waals surface area (Å²) in [5.74, 6) is 0.0955. The van der Waals surface area contributed by atoms with E-state index >= 15 is 0 Å². The van der Waals surface area contributed by atoms with Crippen LogP contribution in [0.15, 0.2) is 23.2 Å². The minimum Gasteiger partial charge on any atom is -0.317 e. The predicted molar refractivity (Wildman–Crippen MR) is 96.6 cm³/mol. The molecule has 4 nitrogen and oxygen atoms in total. The third kappa shape index (κ3) is 3.17. The first-order chi connectivity index (χ1) is 12.1. The maximum Gasteiger partial charge on any atom is 0.223 e. The quantitative estimate of drug-likeness (QED) is 0.792. The number of hydrogen-bond donors (Lipinski definition) is 1. The van der Waals surface area contributed by atoms with Crippen molar-refractivity contribution in [3.05, 3.63) is 23.2 Å². The highest BCUT2D eigenvalue weighted by Gasteiger charge is 2.48.